The van der Waals surface area contributed by atoms with E-state index < -0.39 is 10.0 Å². The molecule has 1 aliphatic heterocycles. The SMILES string of the molecule is COc1cc(OC)cc(-c2nc(-c3ccc(S(=O)(=O)N4CCC(C)CC4)cc3)no2)c1. The van der Waals surface area contributed by atoms with Gasteiger partial charge >= 0.3 is 0 Å². The average Bonchev–Trinajstić information content (AvgIpc) is 3.29. The maximum absolute atomic E-state index is 12.9. The summed E-state index contributed by atoms with van der Waals surface area (Å²) in [5.41, 5.74) is 1.32. The van der Waals surface area contributed by atoms with E-state index in [2.05, 4.69) is 17.1 Å². The van der Waals surface area contributed by atoms with Gasteiger partial charge in [0.2, 0.25) is 15.8 Å². The van der Waals surface area contributed by atoms with Crippen molar-refractivity contribution in [2.45, 2.75) is 24.7 Å². The number of ether oxygens (including phenoxy) is 2. The second kappa shape index (κ2) is 8.68. The normalized spacial score (nSPS) is 15.7. The Morgan fingerprint density at radius 2 is 1.58 bits per heavy atom. The molecule has 0 N–H and O–H groups in total. The lowest BCUT2D eigenvalue weighted by Crippen LogP contribution is -2.37. The van der Waals surface area contributed by atoms with Crippen molar-refractivity contribution in [1.82, 2.24) is 14.4 Å². The lowest BCUT2D eigenvalue weighted by Gasteiger charge is -2.29. The van der Waals surface area contributed by atoms with Crippen LogP contribution in [0.15, 0.2) is 51.9 Å². The van der Waals surface area contributed by atoms with E-state index in [0.29, 0.717) is 53.3 Å². The molecule has 164 valence electrons. The molecule has 0 unspecified atom stereocenters. The van der Waals surface area contributed by atoms with Gasteiger partial charge in [-0.25, -0.2) is 8.42 Å². The fourth-order valence-electron chi connectivity index (χ4n) is 3.54. The van der Waals surface area contributed by atoms with Crippen LogP contribution in [0.4, 0.5) is 0 Å². The summed E-state index contributed by atoms with van der Waals surface area (Å²) in [6.45, 7) is 3.27. The average molecular weight is 444 g/mol. The zero-order valence-corrected chi connectivity index (χ0v) is 18.6. The first-order valence-electron chi connectivity index (χ1n) is 10.1. The largest absolute Gasteiger partial charge is 0.497 e. The highest BCUT2D eigenvalue weighted by molar-refractivity contribution is 7.89. The number of aromatic nitrogens is 2. The number of sulfonamides is 1. The first-order chi connectivity index (χ1) is 14.9. The summed E-state index contributed by atoms with van der Waals surface area (Å²) in [5.74, 6) is 2.45. The molecule has 31 heavy (non-hydrogen) atoms. The fraction of sp³-hybridized carbons (Fsp3) is 0.364. The third kappa shape index (κ3) is 4.42. The Morgan fingerprint density at radius 3 is 2.16 bits per heavy atom. The topological polar surface area (TPSA) is 94.8 Å². The lowest BCUT2D eigenvalue weighted by molar-refractivity contribution is 0.288. The van der Waals surface area contributed by atoms with Crippen molar-refractivity contribution in [1.29, 1.82) is 0 Å². The van der Waals surface area contributed by atoms with E-state index in [1.165, 1.54) is 0 Å². The molecule has 0 amide bonds. The van der Waals surface area contributed by atoms with Crippen molar-refractivity contribution in [3.63, 3.8) is 0 Å². The number of hydrogen-bond donors (Lipinski definition) is 0. The predicted octanol–water partition coefficient (Wildman–Crippen LogP) is 3.84. The molecule has 9 heteroatoms. The summed E-state index contributed by atoms with van der Waals surface area (Å²) in [6, 6.07) is 11.9. The Kier molecular flexibility index (Phi) is 5.97. The van der Waals surface area contributed by atoms with Crippen LogP contribution in [0.3, 0.4) is 0 Å². The minimum atomic E-state index is -3.50. The van der Waals surface area contributed by atoms with Gasteiger partial charge < -0.3 is 14.0 Å². The van der Waals surface area contributed by atoms with E-state index in [9.17, 15) is 8.42 Å². The maximum atomic E-state index is 12.9. The number of nitrogens with zero attached hydrogens (tertiary/aromatic N) is 3. The van der Waals surface area contributed by atoms with E-state index >= 15 is 0 Å². The minimum absolute atomic E-state index is 0.270. The van der Waals surface area contributed by atoms with Gasteiger partial charge in [-0.2, -0.15) is 9.29 Å². The van der Waals surface area contributed by atoms with E-state index in [1.807, 2.05) is 0 Å². The zero-order valence-electron chi connectivity index (χ0n) is 17.7. The van der Waals surface area contributed by atoms with Crippen molar-refractivity contribution in [2.75, 3.05) is 27.3 Å². The summed E-state index contributed by atoms with van der Waals surface area (Å²) < 4.78 is 43.3. The van der Waals surface area contributed by atoms with Gasteiger partial charge in [-0.3, -0.25) is 0 Å². The molecule has 0 radical (unpaired) electrons. The molecule has 2 aromatic carbocycles. The van der Waals surface area contributed by atoms with Gasteiger partial charge in [0.1, 0.15) is 11.5 Å². The summed E-state index contributed by atoms with van der Waals surface area (Å²) in [7, 11) is -0.362. The van der Waals surface area contributed by atoms with Gasteiger partial charge in [-0.15, -0.1) is 0 Å². The van der Waals surface area contributed by atoms with Crippen molar-refractivity contribution in [3.8, 4) is 34.3 Å². The molecule has 1 fully saturated rings. The van der Waals surface area contributed by atoms with Crippen LogP contribution < -0.4 is 9.47 Å². The smallest absolute Gasteiger partial charge is 0.258 e. The Balaban J connectivity index is 1.56. The molecular weight excluding hydrogens is 418 g/mol. The van der Waals surface area contributed by atoms with Crippen LogP contribution in [0.2, 0.25) is 0 Å². The van der Waals surface area contributed by atoms with Crippen LogP contribution in [0.1, 0.15) is 19.8 Å². The Labute approximate surface area is 181 Å². The van der Waals surface area contributed by atoms with Crippen LogP contribution in [0, 0.1) is 5.92 Å². The maximum Gasteiger partial charge on any atom is 0.258 e. The monoisotopic (exact) mass is 443 g/mol. The molecule has 0 bridgehead atoms. The predicted molar refractivity (Wildman–Crippen MR) is 115 cm³/mol. The van der Waals surface area contributed by atoms with Crippen LogP contribution in [0.5, 0.6) is 11.5 Å². The molecule has 0 saturated carbocycles. The molecule has 4 rings (SSSR count). The molecule has 2 heterocycles. The van der Waals surface area contributed by atoms with Gasteiger partial charge in [0.15, 0.2) is 0 Å². The third-order valence-corrected chi connectivity index (χ3v) is 7.43. The van der Waals surface area contributed by atoms with Crippen molar-refractivity contribution < 1.29 is 22.4 Å². The number of hydrogen-bond acceptors (Lipinski definition) is 7. The molecule has 1 aliphatic rings. The molecule has 0 aliphatic carbocycles. The van der Waals surface area contributed by atoms with Crippen LogP contribution >= 0.6 is 0 Å². The standard InChI is InChI=1S/C22H25N3O5S/c1-15-8-10-25(11-9-15)31(26,27)20-6-4-16(5-7-20)21-23-22(30-24-21)17-12-18(28-2)14-19(13-17)29-3/h4-7,12-15H,8-11H2,1-3H3. The van der Waals surface area contributed by atoms with Gasteiger partial charge in [0.05, 0.1) is 19.1 Å². The Morgan fingerprint density at radius 1 is 0.968 bits per heavy atom. The highest BCUT2D eigenvalue weighted by Crippen LogP contribution is 2.30. The lowest BCUT2D eigenvalue weighted by atomic mass is 10.0. The second-order valence-corrected chi connectivity index (χ2v) is 9.57. The minimum Gasteiger partial charge on any atom is -0.497 e. The Hall–Kier alpha value is -2.91. The van der Waals surface area contributed by atoms with E-state index in [-0.39, 0.29) is 4.90 Å². The van der Waals surface area contributed by atoms with Crippen LogP contribution in [-0.2, 0) is 10.0 Å². The number of rotatable bonds is 6. The molecule has 8 nitrogen and oxygen atoms in total. The van der Waals surface area contributed by atoms with Crippen LogP contribution in [-0.4, -0.2) is 50.2 Å². The third-order valence-electron chi connectivity index (χ3n) is 5.52. The summed E-state index contributed by atoms with van der Waals surface area (Å²) in [5, 5.41) is 4.04. The summed E-state index contributed by atoms with van der Waals surface area (Å²) in [4.78, 5) is 4.71. The quantitative estimate of drug-likeness (QED) is 0.571. The van der Waals surface area contributed by atoms with Crippen molar-refractivity contribution in [3.05, 3.63) is 42.5 Å². The van der Waals surface area contributed by atoms with E-state index in [1.54, 1.807) is 61.0 Å². The van der Waals surface area contributed by atoms with Crippen LogP contribution in [0.25, 0.3) is 22.8 Å². The van der Waals surface area contributed by atoms with Gasteiger partial charge in [-0.1, -0.05) is 12.1 Å². The zero-order chi connectivity index (χ0) is 22.0. The molecule has 1 aromatic heterocycles. The molecule has 0 atom stereocenters. The summed E-state index contributed by atoms with van der Waals surface area (Å²) >= 11 is 0. The summed E-state index contributed by atoms with van der Waals surface area (Å²) in [6.07, 6.45) is 1.77. The van der Waals surface area contributed by atoms with E-state index in [4.69, 9.17) is 14.0 Å². The van der Waals surface area contributed by atoms with Crippen molar-refractivity contribution in [2.24, 2.45) is 5.92 Å². The number of benzene rings is 2. The first kappa shape index (κ1) is 21.3. The Bertz CT molecular complexity index is 1130. The van der Waals surface area contributed by atoms with Crippen molar-refractivity contribution >= 4 is 10.0 Å². The van der Waals surface area contributed by atoms with Gasteiger partial charge in [0, 0.05) is 30.3 Å². The van der Waals surface area contributed by atoms with Gasteiger partial charge in [-0.05, 0) is 55.2 Å². The van der Waals surface area contributed by atoms with Gasteiger partial charge in [0.25, 0.3) is 5.89 Å². The molecule has 3 aromatic rings. The highest BCUT2D eigenvalue weighted by Gasteiger charge is 2.28. The number of methoxy groups -OCH3 is 2. The highest BCUT2D eigenvalue weighted by atomic mass is 32.2. The van der Waals surface area contributed by atoms with E-state index in [0.717, 1.165) is 12.8 Å². The molecule has 1 saturated heterocycles. The molecule has 0 spiro atoms. The second-order valence-electron chi connectivity index (χ2n) is 7.64. The number of piperidine rings is 1. The molecular formula is C22H25N3O5S. The fourth-order valence-corrected chi connectivity index (χ4v) is 5.01. The first-order valence-corrected chi connectivity index (χ1v) is 11.5.